The van der Waals surface area contributed by atoms with Crippen LogP contribution in [0.15, 0.2) is 127 Å². The van der Waals surface area contributed by atoms with Crippen molar-refractivity contribution in [1.29, 1.82) is 0 Å². The number of ether oxygens (including phenoxy) is 2. The van der Waals surface area contributed by atoms with Gasteiger partial charge in [-0.3, -0.25) is 4.79 Å². The summed E-state index contributed by atoms with van der Waals surface area (Å²) in [5.74, 6) is -0.692. The van der Waals surface area contributed by atoms with E-state index in [1.165, 1.54) is 49.0 Å². The number of aliphatic hydroxyl groups excluding tert-OH is 1. The second kappa shape index (κ2) is 19.0. The molecule has 0 heterocycles. The van der Waals surface area contributed by atoms with E-state index in [1.54, 1.807) is 0 Å². The molecule has 0 saturated heterocycles. The van der Waals surface area contributed by atoms with Crippen molar-refractivity contribution in [1.82, 2.24) is 0 Å². The van der Waals surface area contributed by atoms with Crippen LogP contribution in [0, 0.1) is 5.92 Å². The van der Waals surface area contributed by atoms with Crippen molar-refractivity contribution in [2.45, 2.75) is 76.2 Å². The maximum absolute atomic E-state index is 12.5. The van der Waals surface area contributed by atoms with Crippen LogP contribution < -0.4 is 0 Å². The number of carboxylic acids is 1. The highest BCUT2D eigenvalue weighted by Crippen LogP contribution is 2.45. The SMILES string of the molecule is CCC(CC(CC(CC(CC(C)c1ccccc1)c1cccc2ccccc12)c1c2ccccc2cc2ccccc12)OCCOCCCO)C(=O)O. The quantitative estimate of drug-likeness (QED) is 0.0609. The zero-order chi connectivity index (χ0) is 37.0. The van der Waals surface area contributed by atoms with E-state index in [9.17, 15) is 15.0 Å². The largest absolute Gasteiger partial charge is 0.481 e. The van der Waals surface area contributed by atoms with Crippen LogP contribution in [-0.2, 0) is 14.3 Å². The molecule has 0 saturated carbocycles. The van der Waals surface area contributed by atoms with Crippen molar-refractivity contribution in [3.63, 3.8) is 0 Å². The van der Waals surface area contributed by atoms with Gasteiger partial charge in [-0.05, 0) is 111 Å². The predicted molar refractivity (Wildman–Crippen MR) is 218 cm³/mol. The molecule has 0 fully saturated rings. The van der Waals surface area contributed by atoms with Crippen LogP contribution in [0.4, 0.5) is 0 Å². The third-order valence-electron chi connectivity index (χ3n) is 11.0. The number of fused-ring (bicyclic) bond motifs is 3. The Morgan fingerprint density at radius 2 is 1.26 bits per heavy atom. The van der Waals surface area contributed by atoms with E-state index in [1.807, 2.05) is 6.92 Å². The third-order valence-corrected chi connectivity index (χ3v) is 11.0. The number of carboxylic acid groups (broad SMARTS) is 1. The van der Waals surface area contributed by atoms with Crippen LogP contribution >= 0.6 is 0 Å². The molecule has 0 aliphatic carbocycles. The standard InChI is InChI=1S/C48H54O5/c1-3-35(48(50)51)32-42(53-28-27-52-26-14-25-49)33-41(47-45-22-11-8-18-38(45)30-39-19-9-12-23-46(39)47)31-40(29-34(2)36-15-5-4-6-16-36)44-24-13-20-37-17-7-10-21-43(37)44/h4-13,15-24,30,34-35,40-42,49H,3,14,25-29,31-33H2,1-2H3,(H,50,51). The maximum Gasteiger partial charge on any atom is 0.306 e. The summed E-state index contributed by atoms with van der Waals surface area (Å²) in [7, 11) is 0. The average Bonchev–Trinajstić information content (AvgIpc) is 3.19. The highest BCUT2D eigenvalue weighted by atomic mass is 16.5. The molecule has 5 unspecified atom stereocenters. The van der Waals surface area contributed by atoms with Crippen LogP contribution in [0.1, 0.15) is 86.8 Å². The summed E-state index contributed by atoms with van der Waals surface area (Å²) >= 11 is 0. The zero-order valence-electron chi connectivity index (χ0n) is 31.2. The Balaban J connectivity index is 1.48. The zero-order valence-corrected chi connectivity index (χ0v) is 31.2. The second-order valence-corrected chi connectivity index (χ2v) is 14.6. The monoisotopic (exact) mass is 710 g/mol. The summed E-state index contributed by atoms with van der Waals surface area (Å²) in [6, 6.07) is 45.9. The third kappa shape index (κ3) is 9.71. The van der Waals surface area contributed by atoms with Crippen LogP contribution in [0.3, 0.4) is 0 Å². The Hall–Kier alpha value is -4.55. The summed E-state index contributed by atoms with van der Waals surface area (Å²) in [4.78, 5) is 12.5. The number of hydrogen-bond donors (Lipinski definition) is 2. The fraction of sp³-hybridized carbons (Fsp3) is 0.354. The van der Waals surface area contributed by atoms with E-state index in [4.69, 9.17) is 9.47 Å². The highest BCUT2D eigenvalue weighted by Gasteiger charge is 2.30. The first-order valence-corrected chi connectivity index (χ1v) is 19.4. The van der Waals surface area contributed by atoms with E-state index in [-0.39, 0.29) is 24.5 Å². The molecule has 6 aromatic rings. The molecule has 5 nitrogen and oxygen atoms in total. The van der Waals surface area contributed by atoms with Crippen molar-refractivity contribution in [2.75, 3.05) is 26.4 Å². The Bertz CT molecular complexity index is 2000. The fourth-order valence-corrected chi connectivity index (χ4v) is 8.32. The number of benzene rings is 6. The van der Waals surface area contributed by atoms with Crippen LogP contribution in [-0.4, -0.2) is 48.7 Å². The van der Waals surface area contributed by atoms with E-state index >= 15 is 0 Å². The molecule has 0 aromatic heterocycles. The van der Waals surface area contributed by atoms with Gasteiger partial charge in [0.05, 0.1) is 25.2 Å². The average molecular weight is 711 g/mol. The van der Waals surface area contributed by atoms with Gasteiger partial charge in [-0.25, -0.2) is 0 Å². The molecule has 0 amide bonds. The molecule has 53 heavy (non-hydrogen) atoms. The molecule has 2 N–H and O–H groups in total. The molecule has 0 aliphatic heterocycles. The molecule has 276 valence electrons. The second-order valence-electron chi connectivity index (χ2n) is 14.6. The van der Waals surface area contributed by atoms with Gasteiger partial charge < -0.3 is 19.7 Å². The fourth-order valence-electron chi connectivity index (χ4n) is 8.32. The van der Waals surface area contributed by atoms with E-state index in [2.05, 4.69) is 134 Å². The Morgan fingerprint density at radius 1 is 0.642 bits per heavy atom. The lowest BCUT2D eigenvalue weighted by atomic mass is 9.74. The first-order valence-electron chi connectivity index (χ1n) is 19.4. The number of carbonyl (C=O) groups is 1. The Morgan fingerprint density at radius 3 is 1.92 bits per heavy atom. The van der Waals surface area contributed by atoms with E-state index < -0.39 is 11.9 Å². The summed E-state index contributed by atoms with van der Waals surface area (Å²) in [6.45, 7) is 5.61. The molecular formula is C48H54O5. The summed E-state index contributed by atoms with van der Waals surface area (Å²) in [6.07, 6.45) is 3.78. The molecule has 5 atom stereocenters. The van der Waals surface area contributed by atoms with Gasteiger partial charge in [0.2, 0.25) is 0 Å². The van der Waals surface area contributed by atoms with E-state index in [0.29, 0.717) is 51.4 Å². The highest BCUT2D eigenvalue weighted by molar-refractivity contribution is 6.02. The predicted octanol–water partition coefficient (Wildman–Crippen LogP) is 11.3. The number of aliphatic hydroxyl groups is 1. The Kier molecular flexibility index (Phi) is 13.7. The number of aliphatic carboxylic acids is 1. The topological polar surface area (TPSA) is 76.0 Å². The lowest BCUT2D eigenvalue weighted by molar-refractivity contribution is -0.143. The van der Waals surface area contributed by atoms with Gasteiger partial charge in [-0.2, -0.15) is 0 Å². The minimum Gasteiger partial charge on any atom is -0.481 e. The van der Waals surface area contributed by atoms with Crippen molar-refractivity contribution >= 4 is 38.3 Å². The molecule has 0 bridgehead atoms. The molecule has 6 rings (SSSR count). The molecule has 0 aliphatic rings. The number of hydrogen-bond acceptors (Lipinski definition) is 4. The molecule has 0 radical (unpaired) electrons. The first kappa shape index (κ1) is 38.2. The van der Waals surface area contributed by atoms with Gasteiger partial charge in [-0.15, -0.1) is 0 Å². The smallest absolute Gasteiger partial charge is 0.306 e. The summed E-state index contributed by atoms with van der Waals surface area (Å²) in [5.41, 5.74) is 4.00. The van der Waals surface area contributed by atoms with Crippen molar-refractivity contribution in [3.8, 4) is 0 Å². The lowest BCUT2D eigenvalue weighted by Crippen LogP contribution is -2.26. The first-order chi connectivity index (χ1) is 26.0. The van der Waals surface area contributed by atoms with Crippen molar-refractivity contribution < 1.29 is 24.5 Å². The lowest BCUT2D eigenvalue weighted by Gasteiger charge is -2.32. The minimum atomic E-state index is -0.780. The van der Waals surface area contributed by atoms with Gasteiger partial charge in [0.25, 0.3) is 0 Å². The van der Waals surface area contributed by atoms with Crippen molar-refractivity contribution in [3.05, 3.63) is 144 Å². The van der Waals surface area contributed by atoms with Gasteiger partial charge in [0.15, 0.2) is 0 Å². The van der Waals surface area contributed by atoms with Crippen LogP contribution in [0.2, 0.25) is 0 Å². The number of rotatable bonds is 20. The molecule has 5 heteroatoms. The minimum absolute atomic E-state index is 0.0598. The van der Waals surface area contributed by atoms with Gasteiger partial charge in [-0.1, -0.05) is 135 Å². The van der Waals surface area contributed by atoms with E-state index in [0.717, 1.165) is 12.8 Å². The normalized spacial score (nSPS) is 14.6. The van der Waals surface area contributed by atoms with Crippen molar-refractivity contribution in [2.24, 2.45) is 5.92 Å². The van der Waals surface area contributed by atoms with Gasteiger partial charge >= 0.3 is 5.97 Å². The molecule has 6 aromatic carbocycles. The molecule has 0 spiro atoms. The van der Waals surface area contributed by atoms with Gasteiger partial charge in [0, 0.05) is 13.2 Å². The van der Waals surface area contributed by atoms with Crippen LogP contribution in [0.5, 0.6) is 0 Å². The summed E-state index contributed by atoms with van der Waals surface area (Å²) < 4.78 is 12.4. The van der Waals surface area contributed by atoms with Gasteiger partial charge in [0.1, 0.15) is 0 Å². The molecular weight excluding hydrogens is 657 g/mol. The Labute approximate surface area is 314 Å². The maximum atomic E-state index is 12.5. The van der Waals surface area contributed by atoms with Crippen LogP contribution in [0.25, 0.3) is 32.3 Å². The summed E-state index contributed by atoms with van der Waals surface area (Å²) in [5, 5.41) is 26.8.